The Morgan fingerprint density at radius 2 is 2.36 bits per heavy atom. The molecule has 5 heteroatoms. The first kappa shape index (κ1) is 9.90. The number of nitrogens with one attached hydrogen (secondary N) is 1. The van der Waals surface area contributed by atoms with Gasteiger partial charge in [-0.15, -0.1) is 0 Å². The van der Waals surface area contributed by atoms with Gasteiger partial charge >= 0.3 is 6.47 Å². The lowest BCUT2D eigenvalue weighted by Crippen LogP contribution is -2.36. The van der Waals surface area contributed by atoms with Crippen molar-refractivity contribution in [3.63, 3.8) is 0 Å². The quantitative estimate of drug-likeness (QED) is 0.533. The maximum absolute atomic E-state index is 10.7. The summed E-state index contributed by atoms with van der Waals surface area (Å²) in [4.78, 5) is 20.2. The minimum atomic E-state index is -0.414. The van der Waals surface area contributed by atoms with E-state index in [2.05, 4.69) is 10.1 Å². The van der Waals surface area contributed by atoms with E-state index < -0.39 is 5.91 Å². The summed E-state index contributed by atoms with van der Waals surface area (Å²) in [6, 6.07) is 0. The van der Waals surface area contributed by atoms with Crippen LogP contribution in [0.2, 0.25) is 0 Å². The monoisotopic (exact) mass is 160 g/mol. The highest BCUT2D eigenvalue weighted by molar-refractivity contribution is 5.78. The molecular formula is C6H10NO4. The Balaban J connectivity index is 3.43. The van der Waals surface area contributed by atoms with Crippen LogP contribution in [0.4, 0.5) is 0 Å². The molecule has 0 rings (SSSR count). The van der Waals surface area contributed by atoms with Gasteiger partial charge in [0.25, 0.3) is 5.91 Å². The average molecular weight is 160 g/mol. The Hall–Kier alpha value is -1.10. The van der Waals surface area contributed by atoms with Crippen LogP contribution < -0.4 is 5.32 Å². The standard InChI is InChI=1S/C6H10NO4/c1-5(10-2)7-6(9)3-11-4-8/h5H,3H2,1-2H3,(H,7,9). The van der Waals surface area contributed by atoms with E-state index in [-0.39, 0.29) is 12.8 Å². The number of carbonyl (C=O) groups excluding carboxylic acids is 2. The molecule has 1 unspecified atom stereocenters. The molecular weight excluding hydrogens is 150 g/mol. The lowest BCUT2D eigenvalue weighted by Gasteiger charge is -2.10. The van der Waals surface area contributed by atoms with Crippen LogP contribution in [0.25, 0.3) is 0 Å². The van der Waals surface area contributed by atoms with Gasteiger partial charge in [0.1, 0.15) is 6.23 Å². The highest BCUT2D eigenvalue weighted by Crippen LogP contribution is 1.80. The van der Waals surface area contributed by atoms with Crippen molar-refractivity contribution in [2.75, 3.05) is 13.7 Å². The summed E-state index contributed by atoms with van der Waals surface area (Å²) in [5, 5.41) is 2.40. The van der Waals surface area contributed by atoms with E-state index in [1.807, 2.05) is 0 Å². The fourth-order valence-corrected chi connectivity index (χ4v) is 0.422. The molecule has 0 spiro atoms. The van der Waals surface area contributed by atoms with Gasteiger partial charge in [-0.05, 0) is 6.92 Å². The molecule has 0 aromatic heterocycles. The van der Waals surface area contributed by atoms with Crippen molar-refractivity contribution >= 4 is 12.4 Å². The van der Waals surface area contributed by atoms with Gasteiger partial charge in [0.05, 0.1) is 0 Å². The largest absolute Gasteiger partial charge is 0.447 e. The Kier molecular flexibility index (Phi) is 5.10. The van der Waals surface area contributed by atoms with Crippen molar-refractivity contribution in [2.45, 2.75) is 13.2 Å². The Morgan fingerprint density at radius 1 is 1.73 bits per heavy atom. The smallest absolute Gasteiger partial charge is 0.418 e. The summed E-state index contributed by atoms with van der Waals surface area (Å²) >= 11 is 0. The summed E-state index contributed by atoms with van der Waals surface area (Å²) in [6.07, 6.45) is -0.377. The van der Waals surface area contributed by atoms with Crippen LogP contribution in [0.15, 0.2) is 0 Å². The van der Waals surface area contributed by atoms with Gasteiger partial charge in [-0.25, -0.2) is 4.79 Å². The molecule has 1 atom stereocenters. The van der Waals surface area contributed by atoms with E-state index in [0.29, 0.717) is 0 Å². The van der Waals surface area contributed by atoms with Crippen LogP contribution in [-0.4, -0.2) is 32.3 Å². The molecule has 0 aromatic rings. The summed E-state index contributed by atoms with van der Waals surface area (Å²) < 4.78 is 8.78. The van der Waals surface area contributed by atoms with E-state index in [1.165, 1.54) is 7.11 Å². The van der Waals surface area contributed by atoms with Crippen molar-refractivity contribution in [3.05, 3.63) is 0 Å². The zero-order valence-corrected chi connectivity index (χ0v) is 6.42. The number of rotatable bonds is 5. The number of hydrogen-bond donors (Lipinski definition) is 1. The Labute approximate surface area is 64.7 Å². The van der Waals surface area contributed by atoms with Crippen LogP contribution in [-0.2, 0) is 19.1 Å². The molecule has 1 radical (unpaired) electrons. The molecule has 11 heavy (non-hydrogen) atoms. The van der Waals surface area contributed by atoms with Gasteiger partial charge in [0.15, 0.2) is 6.61 Å². The first-order valence-corrected chi connectivity index (χ1v) is 3.01. The molecule has 0 aromatic carbocycles. The maximum atomic E-state index is 10.7. The third-order valence-electron chi connectivity index (χ3n) is 0.980. The molecule has 0 heterocycles. The predicted molar refractivity (Wildman–Crippen MR) is 36.3 cm³/mol. The molecule has 0 saturated carbocycles. The van der Waals surface area contributed by atoms with Crippen LogP contribution in [0.5, 0.6) is 0 Å². The highest BCUT2D eigenvalue weighted by atomic mass is 16.5. The van der Waals surface area contributed by atoms with Gasteiger partial charge in [-0.2, -0.15) is 0 Å². The molecule has 1 N–H and O–H groups in total. The lowest BCUT2D eigenvalue weighted by molar-refractivity contribution is -0.126. The third-order valence-corrected chi connectivity index (χ3v) is 0.980. The topological polar surface area (TPSA) is 64.6 Å². The predicted octanol–water partition coefficient (Wildman–Crippen LogP) is -0.821. The molecule has 0 aliphatic carbocycles. The summed E-state index contributed by atoms with van der Waals surface area (Å²) in [6.45, 7) is 2.47. The third kappa shape index (κ3) is 5.35. The molecule has 0 aliphatic rings. The van der Waals surface area contributed by atoms with Gasteiger partial charge in [0.2, 0.25) is 0 Å². The van der Waals surface area contributed by atoms with Gasteiger partial charge in [-0.3, -0.25) is 4.79 Å². The van der Waals surface area contributed by atoms with Crippen LogP contribution >= 0.6 is 0 Å². The molecule has 1 amide bonds. The summed E-state index contributed by atoms with van der Waals surface area (Å²) in [5.41, 5.74) is 0. The van der Waals surface area contributed by atoms with Crippen molar-refractivity contribution in [2.24, 2.45) is 0 Å². The van der Waals surface area contributed by atoms with Gasteiger partial charge in [0, 0.05) is 7.11 Å². The van der Waals surface area contributed by atoms with E-state index in [0.717, 1.165) is 6.47 Å². The number of amides is 1. The lowest BCUT2D eigenvalue weighted by atomic mass is 10.5. The zero-order valence-electron chi connectivity index (χ0n) is 6.42. The van der Waals surface area contributed by atoms with Crippen molar-refractivity contribution in [3.8, 4) is 0 Å². The minimum absolute atomic E-state index is 0.322. The Bertz CT molecular complexity index is 137. The average Bonchev–Trinajstić information content (AvgIpc) is 2.00. The van der Waals surface area contributed by atoms with Crippen LogP contribution in [0.3, 0.4) is 0 Å². The van der Waals surface area contributed by atoms with Gasteiger partial charge in [-0.1, -0.05) is 0 Å². The normalized spacial score (nSPS) is 11.8. The van der Waals surface area contributed by atoms with Crippen molar-refractivity contribution < 1.29 is 19.1 Å². The number of carbonyl (C=O) groups is 1. The highest BCUT2D eigenvalue weighted by Gasteiger charge is 2.04. The van der Waals surface area contributed by atoms with E-state index in [1.54, 1.807) is 6.92 Å². The molecule has 63 valence electrons. The van der Waals surface area contributed by atoms with E-state index in [4.69, 9.17) is 4.74 Å². The molecule has 5 nitrogen and oxygen atoms in total. The SMILES string of the molecule is COC(C)NC(=O)CO[C]=O. The summed E-state index contributed by atoms with van der Waals surface area (Å²) in [7, 11) is 1.46. The second kappa shape index (κ2) is 5.67. The zero-order chi connectivity index (χ0) is 8.69. The summed E-state index contributed by atoms with van der Waals surface area (Å²) in [5.74, 6) is -0.414. The number of methoxy groups -OCH3 is 1. The van der Waals surface area contributed by atoms with E-state index >= 15 is 0 Å². The molecule has 0 fully saturated rings. The first-order valence-electron chi connectivity index (χ1n) is 3.01. The van der Waals surface area contributed by atoms with Crippen LogP contribution in [0, 0.1) is 0 Å². The molecule has 0 bridgehead atoms. The number of hydrogen-bond acceptors (Lipinski definition) is 4. The fraction of sp³-hybridized carbons (Fsp3) is 0.667. The van der Waals surface area contributed by atoms with Gasteiger partial charge < -0.3 is 14.8 Å². The second-order valence-electron chi connectivity index (χ2n) is 1.82. The molecule has 0 saturated heterocycles. The second-order valence-corrected chi connectivity index (χ2v) is 1.82. The molecule has 0 aliphatic heterocycles. The Morgan fingerprint density at radius 3 is 2.82 bits per heavy atom. The first-order chi connectivity index (χ1) is 5.20. The fourth-order valence-electron chi connectivity index (χ4n) is 0.422. The van der Waals surface area contributed by atoms with Crippen LogP contribution in [0.1, 0.15) is 6.92 Å². The van der Waals surface area contributed by atoms with Crippen molar-refractivity contribution in [1.82, 2.24) is 5.32 Å². The minimum Gasteiger partial charge on any atom is -0.447 e. The van der Waals surface area contributed by atoms with Crippen molar-refractivity contribution in [1.29, 1.82) is 0 Å². The van der Waals surface area contributed by atoms with E-state index in [9.17, 15) is 9.59 Å². The maximum Gasteiger partial charge on any atom is 0.418 e. The number of ether oxygens (including phenoxy) is 2.